The van der Waals surface area contributed by atoms with Gasteiger partial charge in [0.1, 0.15) is 0 Å². The topological polar surface area (TPSA) is 63.3 Å². The minimum atomic E-state index is -1.00. The summed E-state index contributed by atoms with van der Waals surface area (Å²) in [5.74, 6) is -0.571. The third-order valence-corrected chi connectivity index (χ3v) is 0.848. The fourth-order valence-corrected chi connectivity index (χ4v) is 0.465. The summed E-state index contributed by atoms with van der Waals surface area (Å²) in [4.78, 5) is 9.95. The Hall–Kier alpha value is -1.58. The maximum atomic E-state index is 9.95. The van der Waals surface area contributed by atoms with Crippen molar-refractivity contribution in [3.8, 4) is 0 Å². The van der Waals surface area contributed by atoms with E-state index in [-0.39, 0.29) is 0 Å². The summed E-state index contributed by atoms with van der Waals surface area (Å²) < 4.78 is 4.58. The van der Waals surface area contributed by atoms with Gasteiger partial charge in [-0.2, -0.15) is 0 Å². The number of carbonyl (C=O) groups is 1. The van der Waals surface area contributed by atoms with Crippen molar-refractivity contribution in [2.24, 2.45) is 0 Å². The van der Waals surface area contributed by atoms with Crippen LogP contribution in [0.3, 0.4) is 0 Å². The number of hydrogen-bond acceptors (Lipinski definition) is 3. The van der Waals surface area contributed by atoms with Crippen LogP contribution in [0, 0.1) is 0 Å². The second-order valence-electron chi connectivity index (χ2n) is 1.59. The molecule has 0 saturated heterocycles. The molecule has 0 radical (unpaired) electrons. The maximum absolute atomic E-state index is 9.95. The molecule has 0 unspecified atom stereocenters. The fourth-order valence-electron chi connectivity index (χ4n) is 0.465. The first-order valence-corrected chi connectivity index (χ1v) is 2.61. The van der Waals surface area contributed by atoms with Gasteiger partial charge in [-0.3, -0.25) is 0 Å². The molecule has 1 rings (SSSR count). The SMILES string of the molecule is O=C(O)C=Cc1ccno1. The van der Waals surface area contributed by atoms with E-state index in [4.69, 9.17) is 5.11 Å². The Morgan fingerprint density at radius 2 is 2.60 bits per heavy atom. The second-order valence-corrected chi connectivity index (χ2v) is 1.59. The fraction of sp³-hybridized carbons (Fsp3) is 0. The maximum Gasteiger partial charge on any atom is 0.328 e. The summed E-state index contributed by atoms with van der Waals surface area (Å²) in [5.41, 5.74) is 0. The van der Waals surface area contributed by atoms with E-state index in [0.717, 1.165) is 6.08 Å². The zero-order chi connectivity index (χ0) is 7.40. The van der Waals surface area contributed by atoms with Crippen molar-refractivity contribution in [3.63, 3.8) is 0 Å². The van der Waals surface area contributed by atoms with Crippen LogP contribution in [0.2, 0.25) is 0 Å². The predicted molar refractivity (Wildman–Crippen MR) is 33.2 cm³/mol. The Morgan fingerprint density at radius 3 is 3.10 bits per heavy atom. The van der Waals surface area contributed by atoms with Gasteiger partial charge < -0.3 is 9.63 Å². The van der Waals surface area contributed by atoms with Gasteiger partial charge in [0.05, 0.1) is 6.20 Å². The van der Waals surface area contributed by atoms with E-state index in [1.807, 2.05) is 0 Å². The van der Waals surface area contributed by atoms with Crippen LogP contribution in [0.5, 0.6) is 0 Å². The Balaban J connectivity index is 2.64. The molecule has 0 aliphatic rings. The molecule has 0 aliphatic carbocycles. The molecule has 1 aromatic rings. The summed E-state index contributed by atoms with van der Waals surface area (Å²) in [7, 11) is 0. The van der Waals surface area contributed by atoms with Crippen LogP contribution in [0.25, 0.3) is 6.08 Å². The molecular weight excluding hydrogens is 134 g/mol. The zero-order valence-electron chi connectivity index (χ0n) is 5.02. The van der Waals surface area contributed by atoms with Crippen molar-refractivity contribution in [1.82, 2.24) is 5.16 Å². The molecule has 0 aliphatic heterocycles. The first-order chi connectivity index (χ1) is 4.79. The normalized spacial score (nSPS) is 10.4. The predicted octanol–water partition coefficient (Wildman–Crippen LogP) is 0.772. The van der Waals surface area contributed by atoms with Crippen LogP contribution < -0.4 is 0 Å². The van der Waals surface area contributed by atoms with Crippen molar-refractivity contribution in [2.45, 2.75) is 0 Å². The first-order valence-electron chi connectivity index (χ1n) is 2.61. The molecule has 0 spiro atoms. The molecule has 0 bridgehead atoms. The van der Waals surface area contributed by atoms with Crippen LogP contribution in [0.4, 0.5) is 0 Å². The summed E-state index contributed by atoms with van der Waals surface area (Å²) in [6, 6.07) is 1.57. The number of nitrogens with zero attached hydrogens (tertiary/aromatic N) is 1. The molecule has 4 nitrogen and oxygen atoms in total. The van der Waals surface area contributed by atoms with E-state index in [0.29, 0.717) is 5.76 Å². The minimum Gasteiger partial charge on any atom is -0.478 e. The Labute approximate surface area is 56.8 Å². The smallest absolute Gasteiger partial charge is 0.328 e. The minimum absolute atomic E-state index is 0.433. The summed E-state index contributed by atoms with van der Waals surface area (Å²) >= 11 is 0. The monoisotopic (exact) mass is 139 g/mol. The summed E-state index contributed by atoms with van der Waals surface area (Å²) in [6.45, 7) is 0. The lowest BCUT2D eigenvalue weighted by Crippen LogP contribution is -1.84. The van der Waals surface area contributed by atoms with Gasteiger partial charge >= 0.3 is 5.97 Å². The van der Waals surface area contributed by atoms with Crippen molar-refractivity contribution in [1.29, 1.82) is 0 Å². The van der Waals surface area contributed by atoms with Gasteiger partial charge in [0.25, 0.3) is 0 Å². The quantitative estimate of drug-likeness (QED) is 0.614. The highest BCUT2D eigenvalue weighted by atomic mass is 16.5. The van der Waals surface area contributed by atoms with Gasteiger partial charge in [0.2, 0.25) is 0 Å². The molecule has 0 aromatic carbocycles. The lowest BCUT2D eigenvalue weighted by atomic mass is 10.4. The van der Waals surface area contributed by atoms with Crippen LogP contribution in [0.15, 0.2) is 22.9 Å². The lowest BCUT2D eigenvalue weighted by molar-refractivity contribution is -0.131. The van der Waals surface area contributed by atoms with Gasteiger partial charge in [0.15, 0.2) is 5.76 Å². The number of carboxylic acids is 1. The molecular formula is C6H5NO3. The second kappa shape index (κ2) is 2.82. The average molecular weight is 139 g/mol. The van der Waals surface area contributed by atoms with Crippen molar-refractivity contribution >= 4 is 12.0 Å². The molecule has 0 atom stereocenters. The Morgan fingerprint density at radius 1 is 1.80 bits per heavy atom. The number of aliphatic carboxylic acids is 1. The highest BCUT2D eigenvalue weighted by Gasteiger charge is 1.90. The van der Waals surface area contributed by atoms with Crippen LogP contribution >= 0.6 is 0 Å². The first kappa shape index (κ1) is 6.54. The molecule has 52 valence electrons. The summed E-state index contributed by atoms with van der Waals surface area (Å²) in [5, 5.41) is 11.5. The number of aromatic nitrogens is 1. The van der Waals surface area contributed by atoms with Crippen LogP contribution in [-0.2, 0) is 4.79 Å². The molecule has 1 aromatic heterocycles. The standard InChI is InChI=1S/C6H5NO3/c8-6(9)2-1-5-3-4-7-10-5/h1-4H,(H,8,9). The molecule has 0 saturated carbocycles. The van der Waals surface area contributed by atoms with E-state index in [9.17, 15) is 4.79 Å². The largest absolute Gasteiger partial charge is 0.478 e. The van der Waals surface area contributed by atoms with Gasteiger partial charge in [-0.15, -0.1) is 0 Å². The van der Waals surface area contributed by atoms with Gasteiger partial charge in [-0.25, -0.2) is 4.79 Å². The zero-order valence-corrected chi connectivity index (χ0v) is 5.02. The van der Waals surface area contributed by atoms with Crippen LogP contribution in [0.1, 0.15) is 5.76 Å². The molecule has 1 N–H and O–H groups in total. The van der Waals surface area contributed by atoms with Gasteiger partial charge in [-0.05, 0) is 6.08 Å². The average Bonchev–Trinajstić information content (AvgIpc) is 2.34. The van der Waals surface area contributed by atoms with Crippen LogP contribution in [-0.4, -0.2) is 16.2 Å². The van der Waals surface area contributed by atoms with Gasteiger partial charge in [-0.1, -0.05) is 5.16 Å². The molecule has 4 heteroatoms. The van der Waals surface area contributed by atoms with Crippen molar-refractivity contribution < 1.29 is 14.4 Å². The number of hydrogen-bond donors (Lipinski definition) is 1. The number of carboxylic acid groups (broad SMARTS) is 1. The third kappa shape index (κ3) is 1.74. The third-order valence-electron chi connectivity index (χ3n) is 0.848. The Kier molecular flexibility index (Phi) is 1.84. The van der Waals surface area contributed by atoms with Crippen molar-refractivity contribution in [3.05, 3.63) is 24.1 Å². The van der Waals surface area contributed by atoms with E-state index < -0.39 is 5.97 Å². The van der Waals surface area contributed by atoms with E-state index in [2.05, 4.69) is 9.68 Å². The Bertz CT molecular complexity index is 238. The summed E-state index contributed by atoms with van der Waals surface area (Å²) in [6.07, 6.45) is 3.76. The van der Waals surface area contributed by atoms with E-state index in [1.165, 1.54) is 12.3 Å². The molecule has 1 heterocycles. The molecule has 10 heavy (non-hydrogen) atoms. The number of rotatable bonds is 2. The molecule has 0 amide bonds. The highest BCUT2D eigenvalue weighted by molar-refractivity contribution is 5.84. The lowest BCUT2D eigenvalue weighted by Gasteiger charge is -1.77. The van der Waals surface area contributed by atoms with E-state index in [1.54, 1.807) is 6.07 Å². The van der Waals surface area contributed by atoms with Gasteiger partial charge in [0, 0.05) is 12.1 Å². The molecule has 0 fully saturated rings. The van der Waals surface area contributed by atoms with E-state index >= 15 is 0 Å². The van der Waals surface area contributed by atoms with Crippen molar-refractivity contribution in [2.75, 3.05) is 0 Å². The highest BCUT2D eigenvalue weighted by Crippen LogP contribution is 1.98.